The number of allylic oxidation sites excluding steroid dienone is 24. The topological polar surface area (TPSA) is 78.9 Å². The fourth-order valence-electron chi connectivity index (χ4n) is 5.59. The van der Waals surface area contributed by atoms with Crippen molar-refractivity contribution in [2.45, 2.75) is 168 Å². The van der Waals surface area contributed by atoms with Gasteiger partial charge in [0.15, 0.2) is 6.10 Å². The van der Waals surface area contributed by atoms with Crippen LogP contribution in [0.5, 0.6) is 0 Å². The lowest BCUT2D eigenvalue weighted by atomic mass is 10.1. The maximum absolute atomic E-state index is 12.7. The molecule has 0 heterocycles. The van der Waals surface area contributed by atoms with Gasteiger partial charge < -0.3 is 14.2 Å². The summed E-state index contributed by atoms with van der Waals surface area (Å²) >= 11 is 0. The van der Waals surface area contributed by atoms with Crippen molar-refractivity contribution in [3.05, 3.63) is 146 Å². The quantitative estimate of drug-likeness (QED) is 0.0202. The van der Waals surface area contributed by atoms with E-state index in [4.69, 9.17) is 14.2 Å². The van der Waals surface area contributed by atoms with Gasteiger partial charge in [-0.2, -0.15) is 0 Å². The third kappa shape index (κ3) is 46.2. The molecule has 0 N–H and O–H groups in total. The van der Waals surface area contributed by atoms with Gasteiger partial charge in [-0.05, 0) is 77.0 Å². The smallest absolute Gasteiger partial charge is 0.306 e. The minimum absolute atomic E-state index is 0.142. The maximum Gasteiger partial charge on any atom is 0.306 e. The van der Waals surface area contributed by atoms with Crippen molar-refractivity contribution >= 4 is 17.9 Å². The maximum atomic E-state index is 12.7. The van der Waals surface area contributed by atoms with Gasteiger partial charge in [-0.1, -0.05) is 212 Å². The molecular weight excluding hydrogens is 757 g/mol. The number of hydrogen-bond donors (Lipinski definition) is 0. The molecule has 0 aromatic rings. The molecule has 0 spiro atoms. The summed E-state index contributed by atoms with van der Waals surface area (Å²) in [6.07, 6.45) is 68.4. The van der Waals surface area contributed by atoms with Crippen LogP contribution in [0.2, 0.25) is 0 Å². The van der Waals surface area contributed by atoms with Gasteiger partial charge in [0.1, 0.15) is 13.2 Å². The number of carbonyl (C=O) groups excluding carboxylic acids is 3. The van der Waals surface area contributed by atoms with Crippen molar-refractivity contribution in [1.29, 1.82) is 0 Å². The fourth-order valence-corrected chi connectivity index (χ4v) is 5.59. The Hall–Kier alpha value is -4.71. The van der Waals surface area contributed by atoms with Crippen molar-refractivity contribution in [2.24, 2.45) is 0 Å². The van der Waals surface area contributed by atoms with E-state index in [1.54, 1.807) is 0 Å². The second kappa shape index (κ2) is 48.0. The number of hydrogen-bond acceptors (Lipinski definition) is 6. The first-order valence-electron chi connectivity index (χ1n) is 23.5. The molecule has 0 aliphatic rings. The molecule has 0 saturated carbocycles. The third-order valence-corrected chi connectivity index (χ3v) is 9.08. The number of carbonyl (C=O) groups is 3. The zero-order valence-corrected chi connectivity index (χ0v) is 38.4. The highest BCUT2D eigenvalue weighted by molar-refractivity contribution is 5.71. The number of rotatable bonds is 39. The first kappa shape index (κ1) is 56.3. The summed E-state index contributed by atoms with van der Waals surface area (Å²) in [7, 11) is 0. The molecule has 6 heteroatoms. The summed E-state index contributed by atoms with van der Waals surface area (Å²) < 4.78 is 16.6. The van der Waals surface area contributed by atoms with E-state index in [1.807, 2.05) is 103 Å². The van der Waals surface area contributed by atoms with Gasteiger partial charge in [-0.15, -0.1) is 0 Å². The Labute approximate surface area is 372 Å². The minimum atomic E-state index is -0.846. The Bertz CT molecular complexity index is 1430. The molecule has 1 unspecified atom stereocenters. The van der Waals surface area contributed by atoms with E-state index < -0.39 is 6.10 Å². The van der Waals surface area contributed by atoms with E-state index in [1.165, 1.54) is 38.5 Å². The molecule has 0 aliphatic carbocycles. The second-order valence-corrected chi connectivity index (χ2v) is 14.8. The van der Waals surface area contributed by atoms with Gasteiger partial charge in [0.25, 0.3) is 0 Å². The van der Waals surface area contributed by atoms with E-state index in [2.05, 4.69) is 63.3 Å². The van der Waals surface area contributed by atoms with Crippen LogP contribution in [0.4, 0.5) is 0 Å². The van der Waals surface area contributed by atoms with Crippen LogP contribution in [-0.4, -0.2) is 37.2 Å². The molecule has 0 aliphatic heterocycles. The molecule has 1 atom stereocenters. The van der Waals surface area contributed by atoms with Gasteiger partial charge >= 0.3 is 17.9 Å². The normalized spacial score (nSPS) is 13.4. The van der Waals surface area contributed by atoms with Crippen LogP contribution >= 0.6 is 0 Å². The van der Waals surface area contributed by atoms with Crippen molar-refractivity contribution < 1.29 is 28.6 Å². The Morgan fingerprint density at radius 3 is 1.23 bits per heavy atom. The van der Waals surface area contributed by atoms with Gasteiger partial charge in [0.05, 0.1) is 0 Å². The Kier molecular flexibility index (Phi) is 44.3. The van der Waals surface area contributed by atoms with Crippen molar-refractivity contribution in [2.75, 3.05) is 13.2 Å². The Balaban J connectivity index is 4.67. The lowest BCUT2D eigenvalue weighted by molar-refractivity contribution is -0.166. The third-order valence-electron chi connectivity index (χ3n) is 9.08. The lowest BCUT2D eigenvalue weighted by Crippen LogP contribution is -2.30. The van der Waals surface area contributed by atoms with Crippen LogP contribution in [0.1, 0.15) is 162 Å². The predicted molar refractivity (Wildman–Crippen MR) is 260 cm³/mol. The average Bonchev–Trinajstić information content (AvgIpc) is 3.26. The SMILES string of the molecule is CC\C=C/C=C\C=C/C=C\C=C/CCCCCC(=O)OCC(COC(=O)CC/C=C\C/C=C\CCCCCCCC)OC(=O)CCCCC\C=C/C=C\C=C/C=C\C=C/CC. The Morgan fingerprint density at radius 1 is 0.361 bits per heavy atom. The Morgan fingerprint density at radius 2 is 0.738 bits per heavy atom. The summed E-state index contributed by atoms with van der Waals surface area (Å²) in [5.41, 5.74) is 0. The molecule has 0 amide bonds. The molecule has 6 nitrogen and oxygen atoms in total. The van der Waals surface area contributed by atoms with E-state index in [0.717, 1.165) is 64.2 Å². The molecule has 0 rings (SSSR count). The second-order valence-electron chi connectivity index (χ2n) is 14.8. The van der Waals surface area contributed by atoms with Crippen molar-refractivity contribution in [1.82, 2.24) is 0 Å². The van der Waals surface area contributed by atoms with Crippen LogP contribution in [0.15, 0.2) is 146 Å². The molecule has 0 radical (unpaired) electrons. The molecule has 61 heavy (non-hydrogen) atoms. The summed E-state index contributed by atoms with van der Waals surface area (Å²) in [6, 6.07) is 0. The first-order chi connectivity index (χ1) is 30.0. The van der Waals surface area contributed by atoms with Gasteiger partial charge in [0.2, 0.25) is 0 Å². The van der Waals surface area contributed by atoms with Gasteiger partial charge in [0, 0.05) is 19.3 Å². The highest BCUT2D eigenvalue weighted by Gasteiger charge is 2.19. The zero-order chi connectivity index (χ0) is 44.4. The number of unbranched alkanes of at least 4 members (excludes halogenated alkanes) is 12. The predicted octanol–water partition coefficient (Wildman–Crippen LogP) is 15.3. The number of ether oxygens (including phenoxy) is 3. The molecule has 0 saturated heterocycles. The molecule has 0 fully saturated rings. The van der Waals surface area contributed by atoms with Crippen LogP contribution < -0.4 is 0 Å². The summed E-state index contributed by atoms with van der Waals surface area (Å²) in [5, 5.41) is 0. The van der Waals surface area contributed by atoms with Crippen molar-refractivity contribution in [3.63, 3.8) is 0 Å². The minimum Gasteiger partial charge on any atom is -0.462 e. The van der Waals surface area contributed by atoms with E-state index in [0.29, 0.717) is 19.3 Å². The van der Waals surface area contributed by atoms with Crippen LogP contribution in [0.3, 0.4) is 0 Å². The first-order valence-corrected chi connectivity index (χ1v) is 23.5. The van der Waals surface area contributed by atoms with E-state index in [9.17, 15) is 14.4 Å². The zero-order valence-electron chi connectivity index (χ0n) is 38.4. The van der Waals surface area contributed by atoms with Crippen LogP contribution in [0, 0.1) is 0 Å². The van der Waals surface area contributed by atoms with Gasteiger partial charge in [-0.25, -0.2) is 0 Å². The highest BCUT2D eigenvalue weighted by Crippen LogP contribution is 2.10. The monoisotopic (exact) mass is 839 g/mol. The summed E-state index contributed by atoms with van der Waals surface area (Å²) in [4.78, 5) is 37.8. The van der Waals surface area contributed by atoms with Crippen molar-refractivity contribution in [3.8, 4) is 0 Å². The molecule has 0 aromatic heterocycles. The number of esters is 3. The average molecular weight is 839 g/mol. The standard InChI is InChI=1S/C55H82O6/c1-4-7-10-13-16-19-22-25-27-30-33-36-39-42-45-48-54(57)60-51-52(50-59-53(56)47-44-41-38-35-32-29-24-21-18-15-12-9-6-3)61-55(58)49-46-43-40-37-34-31-28-26-23-20-17-14-11-8-5-2/h7-8,10-11,13-14,16-17,19-20,22-23,25-34,38,41,52H,4-6,9,12,15,18,21,24,35-37,39-40,42-51H2,1-3H3/b10-7-,11-8-,16-13-,17-14-,22-19-,23-20-,27-25-,28-26-,32-29-,33-30-,34-31-,41-38-. The largest absolute Gasteiger partial charge is 0.462 e. The van der Waals surface area contributed by atoms with Crippen LogP contribution in [0.25, 0.3) is 0 Å². The lowest BCUT2D eigenvalue weighted by Gasteiger charge is -2.18. The summed E-state index contributed by atoms with van der Waals surface area (Å²) in [6.45, 7) is 6.17. The van der Waals surface area contributed by atoms with E-state index >= 15 is 0 Å². The highest BCUT2D eigenvalue weighted by atomic mass is 16.6. The molecule has 338 valence electrons. The van der Waals surface area contributed by atoms with Crippen LogP contribution in [-0.2, 0) is 28.6 Å². The van der Waals surface area contributed by atoms with E-state index in [-0.39, 0.29) is 50.4 Å². The molecule has 0 bridgehead atoms. The fraction of sp³-hybridized carbons (Fsp3) is 0.509. The molecule has 0 aromatic carbocycles. The molecular formula is C55H82O6. The summed E-state index contributed by atoms with van der Waals surface area (Å²) in [5.74, 6) is -1.11. The van der Waals surface area contributed by atoms with Gasteiger partial charge in [-0.3, -0.25) is 14.4 Å².